The average molecular weight is 275 g/mol. The van der Waals surface area contributed by atoms with Gasteiger partial charge in [-0.2, -0.15) is 0 Å². The van der Waals surface area contributed by atoms with Gasteiger partial charge < -0.3 is 0 Å². The first-order chi connectivity index (χ1) is 9.15. The summed E-state index contributed by atoms with van der Waals surface area (Å²) in [5, 5.41) is 0.0329. The van der Waals surface area contributed by atoms with Gasteiger partial charge in [0.1, 0.15) is 5.82 Å². The Morgan fingerprint density at radius 1 is 1.00 bits per heavy atom. The lowest BCUT2D eigenvalue weighted by molar-refractivity contribution is 0.103. The molecule has 0 aliphatic heterocycles. The first-order valence-electron chi connectivity index (χ1n) is 6.27. The number of rotatable bonds is 2. The summed E-state index contributed by atoms with van der Waals surface area (Å²) >= 11 is 5.62. The minimum Gasteiger partial charge on any atom is -0.289 e. The summed E-state index contributed by atoms with van der Waals surface area (Å²) in [5.74, 6) is -0.723. The number of carbonyl (C=O) groups excluding carboxylic acids is 1. The lowest BCUT2D eigenvalue weighted by Crippen LogP contribution is -2.03. The highest BCUT2D eigenvalue weighted by Crippen LogP contribution is 2.24. The van der Waals surface area contributed by atoms with E-state index in [1.807, 2.05) is 18.2 Å². The Bertz CT molecular complexity index is 664. The monoisotopic (exact) mass is 274 g/mol. The van der Waals surface area contributed by atoms with Gasteiger partial charge in [0.15, 0.2) is 5.78 Å². The van der Waals surface area contributed by atoms with Crippen LogP contribution < -0.4 is 0 Å². The van der Waals surface area contributed by atoms with Gasteiger partial charge >= 0.3 is 0 Å². The fraction of sp³-hybridized carbons (Fsp3) is 0.188. The molecular formula is C16H12ClFO. The fourth-order valence-electron chi connectivity index (χ4n) is 2.52. The smallest absolute Gasteiger partial charge is 0.193 e. The van der Waals surface area contributed by atoms with E-state index in [0.717, 1.165) is 19.3 Å². The summed E-state index contributed by atoms with van der Waals surface area (Å²) in [6.45, 7) is 0. The molecule has 96 valence electrons. The zero-order valence-electron chi connectivity index (χ0n) is 10.2. The molecule has 2 aromatic carbocycles. The summed E-state index contributed by atoms with van der Waals surface area (Å²) < 4.78 is 13.4. The highest BCUT2D eigenvalue weighted by atomic mass is 35.5. The molecule has 0 unspecified atom stereocenters. The molecule has 19 heavy (non-hydrogen) atoms. The number of hydrogen-bond donors (Lipinski definition) is 0. The molecular weight excluding hydrogens is 263 g/mol. The van der Waals surface area contributed by atoms with Crippen molar-refractivity contribution in [3.05, 3.63) is 69.5 Å². The van der Waals surface area contributed by atoms with E-state index in [1.165, 1.54) is 23.3 Å². The highest BCUT2D eigenvalue weighted by Gasteiger charge is 2.16. The number of fused-ring (bicyclic) bond motifs is 1. The Hall–Kier alpha value is -1.67. The van der Waals surface area contributed by atoms with Crippen molar-refractivity contribution in [3.8, 4) is 0 Å². The molecule has 1 nitrogen and oxygen atoms in total. The van der Waals surface area contributed by atoms with Gasteiger partial charge in [0.25, 0.3) is 0 Å². The van der Waals surface area contributed by atoms with Crippen molar-refractivity contribution in [2.24, 2.45) is 0 Å². The number of halogens is 2. The summed E-state index contributed by atoms with van der Waals surface area (Å²) in [5.41, 5.74) is 3.50. The normalized spacial score (nSPS) is 13.4. The van der Waals surface area contributed by atoms with Crippen molar-refractivity contribution in [1.82, 2.24) is 0 Å². The molecule has 0 bridgehead atoms. The largest absolute Gasteiger partial charge is 0.289 e. The Kier molecular flexibility index (Phi) is 3.11. The zero-order chi connectivity index (χ0) is 13.4. The van der Waals surface area contributed by atoms with Crippen LogP contribution in [-0.2, 0) is 12.8 Å². The molecule has 0 atom stereocenters. The Balaban J connectivity index is 1.97. The Labute approximate surface area is 116 Å². The van der Waals surface area contributed by atoms with Gasteiger partial charge in [-0.1, -0.05) is 23.7 Å². The molecule has 2 aromatic rings. The van der Waals surface area contributed by atoms with Crippen molar-refractivity contribution in [2.75, 3.05) is 0 Å². The summed E-state index contributed by atoms with van der Waals surface area (Å²) in [6, 6.07) is 9.91. The van der Waals surface area contributed by atoms with E-state index in [9.17, 15) is 9.18 Å². The highest BCUT2D eigenvalue weighted by molar-refractivity contribution is 6.30. The maximum atomic E-state index is 13.4. The third-order valence-corrected chi connectivity index (χ3v) is 3.85. The number of benzene rings is 2. The first kappa shape index (κ1) is 12.4. The van der Waals surface area contributed by atoms with Crippen LogP contribution in [0.25, 0.3) is 0 Å². The predicted molar refractivity (Wildman–Crippen MR) is 73.3 cm³/mol. The predicted octanol–water partition coefficient (Wildman–Crippen LogP) is 4.20. The molecule has 0 N–H and O–H groups in total. The summed E-state index contributed by atoms with van der Waals surface area (Å²) in [4.78, 5) is 12.3. The lowest BCUT2D eigenvalue weighted by Gasteiger charge is -2.05. The SMILES string of the molecule is O=C(c1ccc(Cl)c(F)c1)c1ccc2c(c1)CCC2. The summed E-state index contributed by atoms with van der Waals surface area (Å²) in [6.07, 6.45) is 3.24. The zero-order valence-corrected chi connectivity index (χ0v) is 11.0. The van der Waals surface area contributed by atoms with Crippen molar-refractivity contribution < 1.29 is 9.18 Å². The van der Waals surface area contributed by atoms with Crippen LogP contribution in [0.5, 0.6) is 0 Å². The van der Waals surface area contributed by atoms with Crippen LogP contribution in [0, 0.1) is 5.82 Å². The van der Waals surface area contributed by atoms with Crippen molar-refractivity contribution in [3.63, 3.8) is 0 Å². The molecule has 0 fully saturated rings. The van der Waals surface area contributed by atoms with E-state index in [-0.39, 0.29) is 10.8 Å². The maximum Gasteiger partial charge on any atom is 0.193 e. The van der Waals surface area contributed by atoms with E-state index in [0.29, 0.717) is 11.1 Å². The van der Waals surface area contributed by atoms with E-state index >= 15 is 0 Å². The second-order valence-corrected chi connectivity index (χ2v) is 5.20. The second-order valence-electron chi connectivity index (χ2n) is 4.80. The number of hydrogen-bond acceptors (Lipinski definition) is 1. The Morgan fingerprint density at radius 3 is 2.47 bits per heavy atom. The van der Waals surface area contributed by atoms with E-state index in [2.05, 4.69) is 0 Å². The van der Waals surface area contributed by atoms with Gasteiger partial charge in [-0.15, -0.1) is 0 Å². The van der Waals surface area contributed by atoms with Crippen LogP contribution in [0.2, 0.25) is 5.02 Å². The van der Waals surface area contributed by atoms with E-state index in [1.54, 1.807) is 6.07 Å². The van der Waals surface area contributed by atoms with Gasteiger partial charge in [-0.25, -0.2) is 4.39 Å². The van der Waals surface area contributed by atoms with Crippen molar-refractivity contribution in [2.45, 2.75) is 19.3 Å². The van der Waals surface area contributed by atoms with Crippen LogP contribution in [0.3, 0.4) is 0 Å². The van der Waals surface area contributed by atoms with Crippen molar-refractivity contribution in [1.29, 1.82) is 0 Å². The van der Waals surface area contributed by atoms with Crippen LogP contribution in [0.4, 0.5) is 4.39 Å². The fourth-order valence-corrected chi connectivity index (χ4v) is 2.63. The van der Waals surface area contributed by atoms with Crippen molar-refractivity contribution >= 4 is 17.4 Å². The molecule has 3 rings (SSSR count). The van der Waals surface area contributed by atoms with Gasteiger partial charge in [0.2, 0.25) is 0 Å². The second kappa shape index (κ2) is 4.78. The molecule has 1 aliphatic carbocycles. The van der Waals surface area contributed by atoms with Crippen LogP contribution >= 0.6 is 11.6 Å². The average Bonchev–Trinajstić information content (AvgIpc) is 2.88. The minimum absolute atomic E-state index is 0.0329. The number of carbonyl (C=O) groups is 1. The van der Waals surface area contributed by atoms with Crippen LogP contribution in [0.1, 0.15) is 33.5 Å². The molecule has 0 heterocycles. The molecule has 0 aromatic heterocycles. The quantitative estimate of drug-likeness (QED) is 0.750. The standard InChI is InChI=1S/C16H12ClFO/c17-14-7-6-13(9-15(14)18)16(19)12-5-4-10-2-1-3-11(10)8-12/h4-9H,1-3H2. The molecule has 0 saturated heterocycles. The number of aryl methyl sites for hydroxylation is 2. The van der Waals surface area contributed by atoms with Gasteiger partial charge in [-0.05, 0) is 54.7 Å². The molecule has 1 aliphatic rings. The molecule has 0 radical (unpaired) electrons. The van der Waals surface area contributed by atoms with Gasteiger partial charge in [-0.3, -0.25) is 4.79 Å². The van der Waals surface area contributed by atoms with Gasteiger partial charge in [0, 0.05) is 11.1 Å². The van der Waals surface area contributed by atoms with Crippen LogP contribution in [0.15, 0.2) is 36.4 Å². The molecule has 0 saturated carbocycles. The summed E-state index contributed by atoms with van der Waals surface area (Å²) in [7, 11) is 0. The van der Waals surface area contributed by atoms with E-state index < -0.39 is 5.82 Å². The molecule has 0 spiro atoms. The van der Waals surface area contributed by atoms with E-state index in [4.69, 9.17) is 11.6 Å². The molecule has 3 heteroatoms. The van der Waals surface area contributed by atoms with Crippen LogP contribution in [-0.4, -0.2) is 5.78 Å². The first-order valence-corrected chi connectivity index (χ1v) is 6.64. The molecule has 0 amide bonds. The lowest BCUT2D eigenvalue weighted by atomic mass is 9.99. The van der Waals surface area contributed by atoms with Gasteiger partial charge in [0.05, 0.1) is 5.02 Å². The minimum atomic E-state index is -0.561. The third-order valence-electron chi connectivity index (χ3n) is 3.54. The third kappa shape index (κ3) is 2.28. The number of ketones is 1. The topological polar surface area (TPSA) is 17.1 Å². The maximum absolute atomic E-state index is 13.4. The Morgan fingerprint density at radius 2 is 1.68 bits per heavy atom.